The van der Waals surface area contributed by atoms with Gasteiger partial charge >= 0.3 is 0 Å². The van der Waals surface area contributed by atoms with Crippen molar-refractivity contribution in [2.45, 2.75) is 38.1 Å². The second-order valence-corrected chi connectivity index (χ2v) is 7.41. The minimum atomic E-state index is -0.171. The monoisotopic (exact) mass is 407 g/mol. The van der Waals surface area contributed by atoms with E-state index in [2.05, 4.69) is 22.5 Å². The van der Waals surface area contributed by atoms with Gasteiger partial charge in [0.1, 0.15) is 12.4 Å². The molecular weight excluding hydrogens is 378 g/mol. The summed E-state index contributed by atoms with van der Waals surface area (Å²) in [6.07, 6.45) is 7.41. The van der Waals surface area contributed by atoms with Crippen molar-refractivity contribution in [1.29, 1.82) is 0 Å². The van der Waals surface area contributed by atoms with Gasteiger partial charge in [0.25, 0.3) is 5.91 Å². The number of hydrogen-bond acceptors (Lipinski definition) is 4. The van der Waals surface area contributed by atoms with Crippen LogP contribution in [0.4, 0.5) is 11.4 Å². The number of benzene rings is 2. The highest BCUT2D eigenvalue weighted by Crippen LogP contribution is 2.19. The molecule has 1 aliphatic rings. The molecule has 2 aromatic carbocycles. The van der Waals surface area contributed by atoms with Gasteiger partial charge in [0.05, 0.1) is 6.54 Å². The lowest BCUT2D eigenvalue weighted by atomic mass is 9.95. The van der Waals surface area contributed by atoms with E-state index < -0.39 is 0 Å². The Morgan fingerprint density at radius 2 is 1.80 bits per heavy atom. The van der Waals surface area contributed by atoms with Crippen molar-refractivity contribution >= 4 is 23.2 Å². The van der Waals surface area contributed by atoms with Crippen molar-refractivity contribution in [2.24, 2.45) is 0 Å². The minimum absolute atomic E-state index is 0.0373. The van der Waals surface area contributed by atoms with E-state index >= 15 is 0 Å². The Bertz CT molecular complexity index is 858. The average Bonchev–Trinajstić information content (AvgIpc) is 2.77. The van der Waals surface area contributed by atoms with Gasteiger partial charge in [0.15, 0.2) is 0 Å². The zero-order valence-electron chi connectivity index (χ0n) is 17.2. The van der Waals surface area contributed by atoms with Crippen LogP contribution < -0.4 is 20.7 Å². The summed E-state index contributed by atoms with van der Waals surface area (Å²) < 4.78 is 5.47. The number of rotatable bonds is 9. The molecule has 1 aliphatic carbocycles. The minimum Gasteiger partial charge on any atom is -0.489 e. The van der Waals surface area contributed by atoms with E-state index in [1.165, 1.54) is 19.3 Å². The topological polar surface area (TPSA) is 79.5 Å². The van der Waals surface area contributed by atoms with Crippen molar-refractivity contribution in [3.63, 3.8) is 0 Å². The lowest BCUT2D eigenvalue weighted by molar-refractivity contribution is -0.114. The predicted octanol–water partition coefficient (Wildman–Crippen LogP) is 4.36. The summed E-state index contributed by atoms with van der Waals surface area (Å²) in [5.74, 6) is 0.461. The molecule has 0 bridgehead atoms. The molecule has 0 aromatic heterocycles. The van der Waals surface area contributed by atoms with Crippen LogP contribution in [-0.4, -0.2) is 31.0 Å². The van der Waals surface area contributed by atoms with E-state index in [-0.39, 0.29) is 24.4 Å². The number of amides is 2. The van der Waals surface area contributed by atoms with E-state index in [9.17, 15) is 9.59 Å². The second-order valence-electron chi connectivity index (χ2n) is 7.41. The Balaban J connectivity index is 1.45. The fourth-order valence-corrected chi connectivity index (χ4v) is 3.46. The summed E-state index contributed by atoms with van der Waals surface area (Å²) in [6, 6.07) is 14.7. The maximum atomic E-state index is 12.4. The van der Waals surface area contributed by atoms with Crippen molar-refractivity contribution in [3.8, 4) is 5.75 Å². The Kier molecular flexibility index (Phi) is 7.89. The molecule has 0 saturated heterocycles. The van der Waals surface area contributed by atoms with Crippen molar-refractivity contribution < 1.29 is 14.3 Å². The molecule has 0 radical (unpaired) electrons. The molecule has 0 spiro atoms. The van der Waals surface area contributed by atoms with Crippen LogP contribution >= 0.6 is 0 Å². The number of carbonyl (C=O) groups excluding carboxylic acids is 2. The van der Waals surface area contributed by atoms with Gasteiger partial charge in [-0.15, -0.1) is 0 Å². The van der Waals surface area contributed by atoms with Crippen LogP contribution in [0.1, 0.15) is 42.5 Å². The Morgan fingerprint density at radius 1 is 1.03 bits per heavy atom. The third-order valence-corrected chi connectivity index (χ3v) is 5.03. The summed E-state index contributed by atoms with van der Waals surface area (Å²) in [7, 11) is 0. The average molecular weight is 408 g/mol. The molecule has 2 amide bonds. The molecule has 30 heavy (non-hydrogen) atoms. The summed E-state index contributed by atoms with van der Waals surface area (Å²) in [5, 5.41) is 9.02. The lowest BCUT2D eigenvalue weighted by Crippen LogP contribution is -2.36. The van der Waals surface area contributed by atoms with Gasteiger partial charge in [-0.25, -0.2) is 0 Å². The molecule has 2 aromatic rings. The normalized spacial score (nSPS) is 13.9. The summed E-state index contributed by atoms with van der Waals surface area (Å²) in [4.78, 5) is 24.6. The lowest BCUT2D eigenvalue weighted by Gasteiger charge is -2.22. The van der Waals surface area contributed by atoms with Crippen LogP contribution in [0.5, 0.6) is 5.75 Å². The highest BCUT2D eigenvalue weighted by atomic mass is 16.5. The molecule has 3 rings (SSSR count). The Labute approximate surface area is 177 Å². The molecule has 1 fully saturated rings. The zero-order chi connectivity index (χ0) is 21.2. The highest BCUT2D eigenvalue weighted by molar-refractivity contribution is 5.95. The van der Waals surface area contributed by atoms with Gasteiger partial charge < -0.3 is 20.7 Å². The van der Waals surface area contributed by atoms with Crippen molar-refractivity contribution in [2.75, 3.05) is 23.8 Å². The Hall–Kier alpha value is -3.28. The maximum absolute atomic E-state index is 12.4. The first kappa shape index (κ1) is 21.4. The van der Waals surface area contributed by atoms with E-state index in [0.29, 0.717) is 23.6 Å². The smallest absolute Gasteiger partial charge is 0.251 e. The predicted molar refractivity (Wildman–Crippen MR) is 120 cm³/mol. The number of carbonyl (C=O) groups is 2. The Morgan fingerprint density at radius 3 is 2.53 bits per heavy atom. The fraction of sp³-hybridized carbons (Fsp3) is 0.333. The number of nitrogens with one attached hydrogen (secondary N) is 3. The van der Waals surface area contributed by atoms with E-state index in [1.807, 2.05) is 24.3 Å². The molecule has 6 nitrogen and oxygen atoms in total. The van der Waals surface area contributed by atoms with Crippen LogP contribution in [0.3, 0.4) is 0 Å². The molecule has 6 heteroatoms. The first-order valence-electron chi connectivity index (χ1n) is 10.4. The quantitative estimate of drug-likeness (QED) is 0.540. The van der Waals surface area contributed by atoms with E-state index in [4.69, 9.17) is 4.74 Å². The third kappa shape index (κ3) is 6.65. The molecule has 3 N–H and O–H groups in total. The molecule has 158 valence electrons. The van der Waals surface area contributed by atoms with Crippen molar-refractivity contribution in [1.82, 2.24) is 5.32 Å². The van der Waals surface area contributed by atoms with Gasteiger partial charge in [0.2, 0.25) is 5.91 Å². The highest BCUT2D eigenvalue weighted by Gasteiger charge is 2.16. The van der Waals surface area contributed by atoms with Crippen LogP contribution in [0.2, 0.25) is 0 Å². The van der Waals surface area contributed by atoms with Gasteiger partial charge in [-0.05, 0) is 49.2 Å². The SMILES string of the molecule is C=CCOc1cccc(NC(=O)CNc2ccc(C(=O)NC3CCCCC3)cc2)c1. The maximum Gasteiger partial charge on any atom is 0.251 e. The summed E-state index contributed by atoms with van der Waals surface area (Å²) >= 11 is 0. The van der Waals surface area contributed by atoms with E-state index in [1.54, 1.807) is 30.3 Å². The molecule has 0 aliphatic heterocycles. The van der Waals surface area contributed by atoms with Gasteiger partial charge in [-0.3, -0.25) is 9.59 Å². The van der Waals surface area contributed by atoms with Crippen LogP contribution in [-0.2, 0) is 4.79 Å². The summed E-state index contributed by atoms with van der Waals surface area (Å²) in [5.41, 5.74) is 2.08. The first-order valence-corrected chi connectivity index (χ1v) is 10.4. The van der Waals surface area contributed by atoms with Gasteiger partial charge in [-0.2, -0.15) is 0 Å². The van der Waals surface area contributed by atoms with Crippen LogP contribution in [0, 0.1) is 0 Å². The fourth-order valence-electron chi connectivity index (χ4n) is 3.46. The summed E-state index contributed by atoms with van der Waals surface area (Å²) in [6.45, 7) is 4.14. The van der Waals surface area contributed by atoms with Gasteiger partial charge in [-0.1, -0.05) is 38.0 Å². The largest absolute Gasteiger partial charge is 0.489 e. The molecule has 0 unspecified atom stereocenters. The molecule has 1 saturated carbocycles. The number of ether oxygens (including phenoxy) is 1. The molecule has 0 heterocycles. The number of anilines is 2. The van der Waals surface area contributed by atoms with E-state index in [0.717, 1.165) is 18.5 Å². The zero-order valence-corrected chi connectivity index (χ0v) is 17.2. The van der Waals surface area contributed by atoms with Gasteiger partial charge in [0, 0.05) is 29.0 Å². The number of hydrogen-bond donors (Lipinski definition) is 3. The van der Waals surface area contributed by atoms with Crippen LogP contribution in [0.15, 0.2) is 61.2 Å². The van der Waals surface area contributed by atoms with Crippen LogP contribution in [0.25, 0.3) is 0 Å². The molecule has 0 atom stereocenters. The standard InChI is InChI=1S/C24H29N3O3/c1-2-15-30-22-10-6-9-21(16-22)26-23(28)17-25-19-13-11-18(12-14-19)24(29)27-20-7-4-3-5-8-20/h2,6,9-14,16,20,25H,1,3-5,7-8,15,17H2,(H,26,28)(H,27,29). The second kappa shape index (κ2) is 11.0. The third-order valence-electron chi connectivity index (χ3n) is 5.03. The van der Waals surface area contributed by atoms with Crippen molar-refractivity contribution in [3.05, 3.63) is 66.7 Å². The molecular formula is C24H29N3O3. The first-order chi connectivity index (χ1) is 14.6.